The first-order valence-electron chi connectivity index (χ1n) is 2.76. The third-order valence-corrected chi connectivity index (χ3v) is 2.75. The van der Waals surface area contributed by atoms with Crippen LogP contribution in [0.4, 0.5) is 0 Å². The van der Waals surface area contributed by atoms with Crippen molar-refractivity contribution in [3.63, 3.8) is 0 Å². The van der Waals surface area contributed by atoms with Gasteiger partial charge in [-0.2, -0.15) is 0 Å². The van der Waals surface area contributed by atoms with E-state index >= 15 is 0 Å². The molecule has 0 N–H and O–H groups in total. The molecular weight excluding hydrogens is 340 g/mol. The van der Waals surface area contributed by atoms with Gasteiger partial charge in [-0.3, -0.25) is 4.79 Å². The van der Waals surface area contributed by atoms with Gasteiger partial charge in [-0.05, 0) is 34.1 Å². The summed E-state index contributed by atoms with van der Waals surface area (Å²) in [6.07, 6.45) is 0. The molecule has 0 radical (unpaired) electrons. The van der Waals surface area contributed by atoms with Gasteiger partial charge >= 0.3 is 0 Å². The molecule has 0 heterocycles. The van der Waals surface area contributed by atoms with Gasteiger partial charge in [-0.15, -0.1) is 0 Å². The Morgan fingerprint density at radius 1 is 1.27 bits per heavy atom. The van der Waals surface area contributed by atoms with E-state index in [1.807, 2.05) is 12.1 Å². The Labute approximate surface area is 89.6 Å². The molecule has 1 rings (SSSR count). The summed E-state index contributed by atoms with van der Waals surface area (Å²) in [5, 5.41) is 0. The Balaban J connectivity index is 3.23. The van der Waals surface area contributed by atoms with Crippen molar-refractivity contribution in [2.24, 2.45) is 0 Å². The van der Waals surface area contributed by atoms with Crippen molar-refractivity contribution in [1.29, 1.82) is 0 Å². The summed E-state index contributed by atoms with van der Waals surface area (Å²) in [6.45, 7) is 0. The van der Waals surface area contributed by atoms with E-state index < -0.39 is 0 Å². The van der Waals surface area contributed by atoms with Crippen LogP contribution in [0.1, 0.15) is 10.4 Å². The zero-order chi connectivity index (χ0) is 8.43. The summed E-state index contributed by atoms with van der Waals surface area (Å²) in [7, 11) is 0. The van der Waals surface area contributed by atoms with E-state index in [1.54, 1.807) is 6.07 Å². The molecule has 0 aliphatic carbocycles. The lowest BCUT2D eigenvalue weighted by Crippen LogP contribution is -1.88. The lowest BCUT2D eigenvalue weighted by molar-refractivity contribution is 0.109. The van der Waals surface area contributed by atoms with Crippen molar-refractivity contribution >= 4 is 52.5 Å². The molecule has 0 aromatic heterocycles. The van der Waals surface area contributed by atoms with Crippen molar-refractivity contribution in [3.05, 3.63) is 32.7 Å². The smallest absolute Gasteiger partial charge is 0.229 e. The van der Waals surface area contributed by atoms with Gasteiger partial charge in [0.1, 0.15) is 0 Å². The summed E-state index contributed by atoms with van der Waals surface area (Å²) in [5.74, 6) is 0. The van der Waals surface area contributed by atoms with E-state index in [-0.39, 0.29) is 4.69 Å². The summed E-state index contributed by atoms with van der Waals surface area (Å²) in [6, 6.07) is 5.43. The van der Waals surface area contributed by atoms with Crippen molar-refractivity contribution in [2.45, 2.75) is 0 Å². The fraction of sp³-hybridized carbons (Fsp3) is 0. The van der Waals surface area contributed by atoms with Crippen molar-refractivity contribution in [3.8, 4) is 0 Å². The monoisotopic (exact) mass is 340 g/mol. The zero-order valence-corrected chi connectivity index (χ0v) is 10.0. The topological polar surface area (TPSA) is 17.1 Å². The second kappa shape index (κ2) is 3.83. The van der Waals surface area contributed by atoms with Gasteiger partial charge in [0.05, 0.1) is 0 Å². The quantitative estimate of drug-likeness (QED) is 0.710. The maximum Gasteiger partial charge on any atom is 0.229 e. The molecule has 0 amide bonds. The number of hydrogen-bond donors (Lipinski definition) is 0. The fourth-order valence-corrected chi connectivity index (χ4v) is 2.03. The molecule has 0 spiro atoms. The van der Waals surface area contributed by atoms with E-state index in [2.05, 4.69) is 47.8 Å². The summed E-state index contributed by atoms with van der Waals surface area (Å²) < 4.78 is 1.57. The van der Waals surface area contributed by atoms with Crippen LogP contribution in [0.15, 0.2) is 27.1 Å². The molecule has 0 saturated heterocycles. The van der Waals surface area contributed by atoms with E-state index in [0.717, 1.165) is 8.95 Å². The number of carbonyl (C=O) groups is 1. The Kier molecular flexibility index (Phi) is 3.28. The molecule has 4 heteroatoms. The van der Waals surface area contributed by atoms with Gasteiger partial charge < -0.3 is 0 Å². The van der Waals surface area contributed by atoms with Crippen LogP contribution in [0.3, 0.4) is 0 Å². The van der Waals surface area contributed by atoms with Crippen LogP contribution in [-0.2, 0) is 0 Å². The highest BCUT2D eigenvalue weighted by Gasteiger charge is 2.05. The highest BCUT2D eigenvalue weighted by molar-refractivity contribution is 9.18. The zero-order valence-electron chi connectivity index (χ0n) is 5.27. The second-order valence-electron chi connectivity index (χ2n) is 1.90. The second-order valence-corrected chi connectivity index (χ2v) is 4.39. The number of rotatable bonds is 1. The van der Waals surface area contributed by atoms with Crippen molar-refractivity contribution in [2.75, 3.05) is 0 Å². The molecular formula is C7H3Br3O. The lowest BCUT2D eigenvalue weighted by Gasteiger charge is -1.97. The lowest BCUT2D eigenvalue weighted by atomic mass is 10.2. The molecule has 58 valence electrons. The molecule has 0 aliphatic rings. The van der Waals surface area contributed by atoms with E-state index in [9.17, 15) is 4.79 Å². The van der Waals surface area contributed by atoms with Gasteiger partial charge in [0.2, 0.25) is 4.69 Å². The Morgan fingerprint density at radius 2 is 1.91 bits per heavy atom. The van der Waals surface area contributed by atoms with Crippen LogP contribution < -0.4 is 0 Å². The Morgan fingerprint density at radius 3 is 2.36 bits per heavy atom. The molecule has 0 bridgehead atoms. The first-order chi connectivity index (χ1) is 5.11. The van der Waals surface area contributed by atoms with Gasteiger partial charge in [0.15, 0.2) is 0 Å². The minimum Gasteiger partial charge on any atom is -0.281 e. The van der Waals surface area contributed by atoms with E-state index in [4.69, 9.17) is 0 Å². The highest BCUT2D eigenvalue weighted by atomic mass is 79.9. The number of hydrogen-bond acceptors (Lipinski definition) is 1. The summed E-state index contributed by atoms with van der Waals surface area (Å²) in [5.41, 5.74) is 0.624. The van der Waals surface area contributed by atoms with Crippen LogP contribution in [0.25, 0.3) is 0 Å². The molecule has 0 fully saturated rings. The van der Waals surface area contributed by atoms with Gasteiger partial charge in [0, 0.05) is 14.5 Å². The standard InChI is InChI=1S/C7H3Br3O/c8-4-1-2-6(9)5(3-4)7(10)11/h1-3H. The van der Waals surface area contributed by atoms with Crippen LogP contribution in [-0.4, -0.2) is 4.69 Å². The molecule has 0 atom stereocenters. The summed E-state index contributed by atoms with van der Waals surface area (Å²) >= 11 is 9.41. The van der Waals surface area contributed by atoms with Gasteiger partial charge in [0.25, 0.3) is 0 Å². The minimum absolute atomic E-state index is 0.120. The van der Waals surface area contributed by atoms with Gasteiger partial charge in [-0.1, -0.05) is 31.9 Å². The molecule has 1 aromatic rings. The van der Waals surface area contributed by atoms with Gasteiger partial charge in [-0.25, -0.2) is 0 Å². The molecule has 0 aliphatic heterocycles. The third kappa shape index (κ3) is 2.39. The average molecular weight is 343 g/mol. The molecule has 1 nitrogen and oxygen atoms in total. The first-order valence-corrected chi connectivity index (χ1v) is 5.14. The minimum atomic E-state index is -0.120. The van der Waals surface area contributed by atoms with Crippen LogP contribution in [0, 0.1) is 0 Å². The molecule has 0 saturated carbocycles. The fourth-order valence-electron chi connectivity index (χ4n) is 0.648. The SMILES string of the molecule is O=C(Br)c1cc(Br)ccc1Br. The Hall–Kier alpha value is 0.330. The summed E-state index contributed by atoms with van der Waals surface area (Å²) in [4.78, 5) is 10.9. The molecule has 0 unspecified atom stereocenters. The average Bonchev–Trinajstić information content (AvgIpc) is 1.94. The van der Waals surface area contributed by atoms with E-state index in [0.29, 0.717) is 5.56 Å². The largest absolute Gasteiger partial charge is 0.281 e. The van der Waals surface area contributed by atoms with Crippen molar-refractivity contribution < 1.29 is 4.79 Å². The molecule has 1 aromatic carbocycles. The van der Waals surface area contributed by atoms with Crippen LogP contribution >= 0.6 is 47.8 Å². The predicted octanol–water partition coefficient (Wildman–Crippen LogP) is 3.75. The Bertz CT molecular complexity index is 296. The predicted molar refractivity (Wildman–Crippen MR) is 55.1 cm³/mol. The maximum absolute atomic E-state index is 10.9. The van der Waals surface area contributed by atoms with Crippen LogP contribution in [0.5, 0.6) is 0 Å². The maximum atomic E-state index is 10.9. The van der Waals surface area contributed by atoms with Crippen LogP contribution in [0.2, 0.25) is 0 Å². The van der Waals surface area contributed by atoms with E-state index in [1.165, 1.54) is 0 Å². The number of halogens is 3. The third-order valence-electron chi connectivity index (χ3n) is 1.14. The first kappa shape index (κ1) is 9.42. The number of benzene rings is 1. The highest BCUT2D eigenvalue weighted by Crippen LogP contribution is 2.23. The van der Waals surface area contributed by atoms with Crippen molar-refractivity contribution in [1.82, 2.24) is 0 Å². The number of carbonyl (C=O) groups excluding carboxylic acids is 1. The normalized spacial score (nSPS) is 9.73. The molecule has 11 heavy (non-hydrogen) atoms.